The first-order valence-electron chi connectivity index (χ1n) is 6.08. The summed E-state index contributed by atoms with van der Waals surface area (Å²) in [4.78, 5) is 22.6. The summed E-state index contributed by atoms with van der Waals surface area (Å²) in [5, 5.41) is 14.2. The third-order valence-corrected chi connectivity index (χ3v) is 2.76. The van der Waals surface area contributed by atoms with Crippen LogP contribution in [-0.4, -0.2) is 22.6 Å². The van der Waals surface area contributed by atoms with Crippen molar-refractivity contribution in [3.05, 3.63) is 29.3 Å². The molecule has 104 valence electrons. The summed E-state index contributed by atoms with van der Waals surface area (Å²) in [5.74, 6) is -0.947. The Balaban J connectivity index is 2.73. The lowest BCUT2D eigenvalue weighted by atomic mass is 10.0. The maximum Gasteiger partial charge on any atom is 0.319 e. The fraction of sp³-hybridized carbons (Fsp3) is 0.429. The summed E-state index contributed by atoms with van der Waals surface area (Å²) in [6.45, 7) is 7.16. The minimum atomic E-state index is -0.947. The molecule has 5 heteroatoms. The van der Waals surface area contributed by atoms with Crippen LogP contribution in [0.5, 0.6) is 0 Å². The Hall–Kier alpha value is -2.04. The van der Waals surface area contributed by atoms with E-state index >= 15 is 0 Å². The quantitative estimate of drug-likeness (QED) is 0.782. The largest absolute Gasteiger partial charge is 0.481 e. The van der Waals surface area contributed by atoms with E-state index < -0.39 is 17.5 Å². The number of carboxylic acids is 1. The summed E-state index contributed by atoms with van der Waals surface area (Å²) >= 11 is 0. The molecule has 0 heterocycles. The molecule has 0 aliphatic carbocycles. The number of para-hydroxylation sites is 1. The highest BCUT2D eigenvalue weighted by molar-refractivity contribution is 5.91. The smallest absolute Gasteiger partial charge is 0.319 e. The van der Waals surface area contributed by atoms with Crippen LogP contribution in [0.25, 0.3) is 0 Å². The van der Waals surface area contributed by atoms with Gasteiger partial charge in [-0.1, -0.05) is 18.2 Å². The second kappa shape index (κ2) is 5.73. The minimum absolute atomic E-state index is 0.132. The monoisotopic (exact) mass is 264 g/mol. The van der Waals surface area contributed by atoms with Crippen molar-refractivity contribution in [2.75, 3.05) is 5.32 Å². The number of aryl methyl sites for hydroxylation is 2. The van der Waals surface area contributed by atoms with E-state index in [2.05, 4.69) is 10.6 Å². The first kappa shape index (κ1) is 15.0. The Bertz CT molecular complexity index is 475. The van der Waals surface area contributed by atoms with Crippen molar-refractivity contribution in [1.29, 1.82) is 0 Å². The number of carbonyl (C=O) groups is 2. The zero-order chi connectivity index (χ0) is 14.6. The van der Waals surface area contributed by atoms with E-state index in [-0.39, 0.29) is 6.42 Å². The molecular weight excluding hydrogens is 244 g/mol. The van der Waals surface area contributed by atoms with Crippen LogP contribution in [0.2, 0.25) is 0 Å². The SMILES string of the molecule is Cc1cccc(C)c1NC(=O)NC(C)(C)CC(=O)O. The van der Waals surface area contributed by atoms with Crippen LogP contribution in [0.3, 0.4) is 0 Å². The van der Waals surface area contributed by atoms with Crippen LogP contribution in [-0.2, 0) is 4.79 Å². The summed E-state index contributed by atoms with van der Waals surface area (Å²) in [5.41, 5.74) is 1.88. The summed E-state index contributed by atoms with van der Waals surface area (Å²) in [6.07, 6.45) is -0.132. The van der Waals surface area contributed by atoms with Gasteiger partial charge in [0.2, 0.25) is 0 Å². The maximum atomic E-state index is 11.9. The van der Waals surface area contributed by atoms with Gasteiger partial charge in [0.1, 0.15) is 0 Å². The molecule has 0 radical (unpaired) electrons. The third kappa shape index (κ3) is 4.62. The first-order valence-corrected chi connectivity index (χ1v) is 6.08. The van der Waals surface area contributed by atoms with E-state index in [4.69, 9.17) is 5.11 Å². The molecule has 0 saturated heterocycles. The van der Waals surface area contributed by atoms with Gasteiger partial charge in [0, 0.05) is 11.2 Å². The minimum Gasteiger partial charge on any atom is -0.481 e. The molecule has 1 rings (SSSR count). The number of hydrogen-bond donors (Lipinski definition) is 3. The molecule has 1 aromatic rings. The molecule has 0 aromatic heterocycles. The van der Waals surface area contributed by atoms with Crippen molar-refractivity contribution in [3.8, 4) is 0 Å². The van der Waals surface area contributed by atoms with Crippen LogP contribution >= 0.6 is 0 Å². The van der Waals surface area contributed by atoms with Crippen LogP contribution in [0.15, 0.2) is 18.2 Å². The molecule has 0 atom stereocenters. The highest BCUT2D eigenvalue weighted by Crippen LogP contribution is 2.19. The summed E-state index contributed by atoms with van der Waals surface area (Å²) in [6, 6.07) is 5.33. The molecule has 0 bridgehead atoms. The number of aliphatic carboxylic acids is 1. The third-order valence-electron chi connectivity index (χ3n) is 2.76. The Kier molecular flexibility index (Phi) is 4.53. The van der Waals surface area contributed by atoms with Gasteiger partial charge < -0.3 is 15.7 Å². The number of anilines is 1. The van der Waals surface area contributed by atoms with Crippen molar-refractivity contribution in [1.82, 2.24) is 5.32 Å². The second-order valence-electron chi connectivity index (χ2n) is 5.30. The molecule has 5 nitrogen and oxygen atoms in total. The number of rotatable bonds is 4. The fourth-order valence-corrected chi connectivity index (χ4v) is 1.89. The Morgan fingerprint density at radius 1 is 1.21 bits per heavy atom. The predicted octanol–water partition coefficient (Wildman–Crippen LogP) is 2.68. The normalized spacial score (nSPS) is 10.9. The number of nitrogens with one attached hydrogen (secondary N) is 2. The molecule has 0 aliphatic heterocycles. The number of benzene rings is 1. The maximum absolute atomic E-state index is 11.9. The molecule has 1 aromatic carbocycles. The molecule has 0 aliphatic rings. The molecule has 3 N–H and O–H groups in total. The number of urea groups is 1. The number of hydrogen-bond acceptors (Lipinski definition) is 2. The fourth-order valence-electron chi connectivity index (χ4n) is 1.89. The van der Waals surface area contributed by atoms with Crippen LogP contribution in [0.1, 0.15) is 31.4 Å². The van der Waals surface area contributed by atoms with Gasteiger partial charge in [0.05, 0.1) is 6.42 Å². The lowest BCUT2D eigenvalue weighted by molar-refractivity contribution is -0.138. The highest BCUT2D eigenvalue weighted by Gasteiger charge is 2.24. The van der Waals surface area contributed by atoms with E-state index in [9.17, 15) is 9.59 Å². The van der Waals surface area contributed by atoms with E-state index in [1.54, 1.807) is 13.8 Å². The standard InChI is InChI=1S/C14H20N2O3/c1-9-6-5-7-10(2)12(9)15-13(19)16-14(3,4)8-11(17)18/h5-7H,8H2,1-4H3,(H,17,18)(H2,15,16,19). The van der Waals surface area contributed by atoms with Gasteiger partial charge in [0.25, 0.3) is 0 Å². The molecule has 0 unspecified atom stereocenters. The van der Waals surface area contributed by atoms with Gasteiger partial charge in [0.15, 0.2) is 0 Å². The van der Waals surface area contributed by atoms with Crippen molar-refractivity contribution in [3.63, 3.8) is 0 Å². The van der Waals surface area contributed by atoms with Crippen LogP contribution in [0, 0.1) is 13.8 Å². The van der Waals surface area contributed by atoms with E-state index in [1.807, 2.05) is 32.0 Å². The van der Waals surface area contributed by atoms with Crippen LogP contribution in [0.4, 0.5) is 10.5 Å². The van der Waals surface area contributed by atoms with Crippen LogP contribution < -0.4 is 10.6 Å². The van der Waals surface area contributed by atoms with Crippen molar-refractivity contribution >= 4 is 17.7 Å². The van der Waals surface area contributed by atoms with Gasteiger partial charge in [-0.2, -0.15) is 0 Å². The molecule has 0 spiro atoms. The topological polar surface area (TPSA) is 78.4 Å². The van der Waals surface area contributed by atoms with Gasteiger partial charge in [-0.25, -0.2) is 4.79 Å². The van der Waals surface area contributed by atoms with Gasteiger partial charge >= 0.3 is 12.0 Å². The number of carbonyl (C=O) groups excluding carboxylic acids is 1. The molecule has 0 fully saturated rings. The van der Waals surface area contributed by atoms with E-state index in [1.165, 1.54) is 0 Å². The highest BCUT2D eigenvalue weighted by atomic mass is 16.4. The average Bonchev–Trinajstić information content (AvgIpc) is 2.20. The van der Waals surface area contributed by atoms with Crippen molar-refractivity contribution in [2.24, 2.45) is 0 Å². The summed E-state index contributed by atoms with van der Waals surface area (Å²) in [7, 11) is 0. The summed E-state index contributed by atoms with van der Waals surface area (Å²) < 4.78 is 0. The Labute approximate surface area is 113 Å². The molecular formula is C14H20N2O3. The van der Waals surface area contributed by atoms with E-state index in [0.29, 0.717) is 0 Å². The molecule has 2 amide bonds. The Morgan fingerprint density at radius 2 is 1.74 bits per heavy atom. The van der Waals surface area contributed by atoms with Crippen molar-refractivity contribution < 1.29 is 14.7 Å². The Morgan fingerprint density at radius 3 is 2.21 bits per heavy atom. The lowest BCUT2D eigenvalue weighted by Crippen LogP contribution is -2.47. The zero-order valence-electron chi connectivity index (χ0n) is 11.7. The van der Waals surface area contributed by atoms with Gasteiger partial charge in [-0.05, 0) is 38.8 Å². The first-order chi connectivity index (χ1) is 8.71. The van der Waals surface area contributed by atoms with Gasteiger partial charge in [-0.3, -0.25) is 4.79 Å². The van der Waals surface area contributed by atoms with E-state index in [0.717, 1.165) is 16.8 Å². The predicted molar refractivity (Wildman–Crippen MR) is 74.4 cm³/mol. The average molecular weight is 264 g/mol. The zero-order valence-corrected chi connectivity index (χ0v) is 11.7. The van der Waals surface area contributed by atoms with Crippen molar-refractivity contribution in [2.45, 2.75) is 39.7 Å². The second-order valence-corrected chi connectivity index (χ2v) is 5.30. The lowest BCUT2D eigenvalue weighted by Gasteiger charge is -2.25. The molecule has 19 heavy (non-hydrogen) atoms. The number of carboxylic acid groups (broad SMARTS) is 1. The number of amides is 2. The molecule has 0 saturated carbocycles. The van der Waals surface area contributed by atoms with Gasteiger partial charge in [-0.15, -0.1) is 0 Å².